The molecule has 1 rings (SSSR count). The minimum absolute atomic E-state index is 0.111. The summed E-state index contributed by atoms with van der Waals surface area (Å²) in [5.74, 6) is -0.887. The number of alkyl halides is 3. The molecule has 1 aromatic rings. The van der Waals surface area contributed by atoms with Gasteiger partial charge in [-0.1, -0.05) is 88.8 Å². The molecule has 172 valence electrons. The number of nitrogens with one attached hydrogen (secondary N) is 1. The van der Waals surface area contributed by atoms with Gasteiger partial charge in [0.1, 0.15) is 0 Å². The summed E-state index contributed by atoms with van der Waals surface area (Å²) < 4.78 is 39.8. The molecule has 0 saturated carbocycles. The minimum Gasteiger partial charge on any atom is -0.330 e. The summed E-state index contributed by atoms with van der Waals surface area (Å²) in [6.07, 6.45) is 11.1. The third kappa shape index (κ3) is 12.3. The molecule has 6 heteroatoms. The van der Waals surface area contributed by atoms with Crippen LogP contribution < -0.4 is 10.6 Å². The van der Waals surface area contributed by atoms with Gasteiger partial charge in [-0.05, 0) is 37.9 Å². The fourth-order valence-electron chi connectivity index (χ4n) is 3.72. The maximum absolute atomic E-state index is 13.3. The standard InChI is InChI=1S/C24H39F3N2O/c25-24(26,27)29(23(30)22-18-14-13-15-19-22)21-17-12-10-8-6-4-2-1-3-5-7-9-11-16-20-28/h13-15,18-19H,1-12,16-17,20-21,28H2/p+1. The van der Waals surface area contributed by atoms with Crippen LogP contribution in [0.1, 0.15) is 100 Å². The second-order valence-corrected chi connectivity index (χ2v) is 8.16. The summed E-state index contributed by atoms with van der Waals surface area (Å²) in [5.41, 5.74) is 5.59. The molecule has 0 saturated heterocycles. The van der Waals surface area contributed by atoms with Crippen molar-refractivity contribution < 1.29 is 22.9 Å². The van der Waals surface area contributed by atoms with Crippen LogP contribution in [0.2, 0.25) is 0 Å². The zero-order chi connectivity index (χ0) is 22.1. The van der Waals surface area contributed by atoms with E-state index in [0.29, 0.717) is 6.42 Å². The number of hydrogen-bond acceptors (Lipinski definition) is 2. The molecule has 1 atom stereocenters. The Labute approximate surface area is 180 Å². The smallest absolute Gasteiger partial charge is 0.330 e. The molecule has 0 aliphatic rings. The number of hydrogen-bond donors (Lipinski definition) is 2. The first-order valence-electron chi connectivity index (χ1n) is 11.7. The van der Waals surface area contributed by atoms with E-state index in [4.69, 9.17) is 5.73 Å². The SMILES string of the molecule is NCCCCCCCCCCCCCCCC[NH+](C(=O)c1ccccc1)C(F)(F)F. The Morgan fingerprint density at radius 3 is 1.50 bits per heavy atom. The Kier molecular flexibility index (Phi) is 14.5. The number of benzene rings is 1. The second-order valence-electron chi connectivity index (χ2n) is 8.16. The summed E-state index contributed by atoms with van der Waals surface area (Å²) in [4.78, 5) is 11.3. The summed E-state index contributed by atoms with van der Waals surface area (Å²) in [7, 11) is 0. The summed E-state index contributed by atoms with van der Waals surface area (Å²) in [6, 6.07) is 7.75. The van der Waals surface area contributed by atoms with E-state index in [2.05, 4.69) is 0 Å². The van der Waals surface area contributed by atoms with Crippen molar-refractivity contribution in [2.45, 2.75) is 96.2 Å². The van der Waals surface area contributed by atoms with Crippen molar-refractivity contribution >= 4 is 5.91 Å². The van der Waals surface area contributed by atoms with Gasteiger partial charge in [-0.25, -0.2) is 4.79 Å². The van der Waals surface area contributed by atoms with Crippen LogP contribution >= 0.6 is 0 Å². The van der Waals surface area contributed by atoms with E-state index in [1.807, 2.05) is 0 Å². The Hall–Kier alpha value is -1.40. The average Bonchev–Trinajstić information content (AvgIpc) is 2.73. The molecule has 0 fully saturated rings. The highest BCUT2D eigenvalue weighted by Crippen LogP contribution is 2.13. The minimum atomic E-state index is -4.56. The summed E-state index contributed by atoms with van der Waals surface area (Å²) in [5, 5.41) is 0. The van der Waals surface area contributed by atoms with Crippen LogP contribution in [-0.2, 0) is 0 Å². The molecule has 0 aliphatic heterocycles. The number of unbranched alkanes of at least 4 members (excludes halogenated alkanes) is 13. The van der Waals surface area contributed by atoms with Crippen molar-refractivity contribution in [2.24, 2.45) is 5.73 Å². The van der Waals surface area contributed by atoms with E-state index in [9.17, 15) is 18.0 Å². The van der Waals surface area contributed by atoms with Gasteiger partial charge in [-0.2, -0.15) is 4.90 Å². The third-order valence-electron chi connectivity index (χ3n) is 5.53. The zero-order valence-corrected chi connectivity index (χ0v) is 18.3. The molecule has 0 radical (unpaired) electrons. The number of halogens is 3. The van der Waals surface area contributed by atoms with Crippen molar-refractivity contribution in [2.75, 3.05) is 13.1 Å². The van der Waals surface area contributed by atoms with E-state index >= 15 is 0 Å². The molecular weight excluding hydrogens is 389 g/mol. The lowest BCUT2D eigenvalue weighted by molar-refractivity contribution is -0.938. The molecule has 0 aromatic heterocycles. The molecule has 0 spiro atoms. The van der Waals surface area contributed by atoms with Crippen molar-refractivity contribution in [1.29, 1.82) is 0 Å². The molecule has 0 heterocycles. The maximum Gasteiger partial charge on any atom is 0.567 e. The van der Waals surface area contributed by atoms with E-state index < -0.39 is 17.1 Å². The Morgan fingerprint density at radius 1 is 0.700 bits per heavy atom. The van der Waals surface area contributed by atoms with Gasteiger partial charge >= 0.3 is 12.2 Å². The molecule has 1 amide bonds. The molecular formula is C24H40F3N2O+. The highest BCUT2D eigenvalue weighted by molar-refractivity contribution is 5.87. The summed E-state index contributed by atoms with van der Waals surface area (Å²) >= 11 is 0. The number of amides is 1. The Balaban J connectivity index is 2.05. The van der Waals surface area contributed by atoms with Crippen LogP contribution in [0.3, 0.4) is 0 Å². The molecule has 1 aromatic carbocycles. The van der Waals surface area contributed by atoms with Gasteiger partial charge in [-0.3, -0.25) is 0 Å². The van der Waals surface area contributed by atoms with Crippen molar-refractivity contribution in [3.8, 4) is 0 Å². The summed E-state index contributed by atoms with van der Waals surface area (Å²) in [6.45, 7) is 0.607. The fourth-order valence-corrected chi connectivity index (χ4v) is 3.72. The van der Waals surface area contributed by atoms with Gasteiger partial charge in [0.05, 0.1) is 12.1 Å². The van der Waals surface area contributed by atoms with Gasteiger partial charge in [0.25, 0.3) is 0 Å². The Bertz CT molecular complexity index is 549. The quantitative estimate of drug-likeness (QED) is 0.248. The third-order valence-corrected chi connectivity index (χ3v) is 5.53. The second kappa shape index (κ2) is 16.3. The van der Waals surface area contributed by atoms with Crippen molar-refractivity contribution in [3.05, 3.63) is 35.9 Å². The molecule has 3 N–H and O–H groups in total. The van der Waals surface area contributed by atoms with Crippen LogP contribution in [0.15, 0.2) is 30.3 Å². The van der Waals surface area contributed by atoms with Crippen LogP contribution in [0.5, 0.6) is 0 Å². The van der Waals surface area contributed by atoms with Gasteiger partial charge < -0.3 is 5.73 Å². The predicted molar refractivity (Wildman–Crippen MR) is 116 cm³/mol. The first kappa shape index (κ1) is 26.6. The lowest BCUT2D eigenvalue weighted by Crippen LogP contribution is -3.20. The highest BCUT2D eigenvalue weighted by atomic mass is 19.4. The average molecular weight is 430 g/mol. The van der Waals surface area contributed by atoms with E-state index in [0.717, 1.165) is 38.6 Å². The van der Waals surface area contributed by atoms with E-state index in [-0.39, 0.29) is 12.1 Å². The number of rotatable bonds is 17. The van der Waals surface area contributed by atoms with Crippen LogP contribution in [0.25, 0.3) is 0 Å². The van der Waals surface area contributed by atoms with Gasteiger partial charge in [0.2, 0.25) is 0 Å². The molecule has 1 unspecified atom stereocenters. The van der Waals surface area contributed by atoms with Crippen LogP contribution in [0.4, 0.5) is 13.2 Å². The van der Waals surface area contributed by atoms with E-state index in [1.54, 1.807) is 18.2 Å². The van der Waals surface area contributed by atoms with Crippen LogP contribution in [-0.4, -0.2) is 25.3 Å². The zero-order valence-electron chi connectivity index (χ0n) is 18.3. The lowest BCUT2D eigenvalue weighted by atomic mass is 10.0. The molecule has 30 heavy (non-hydrogen) atoms. The largest absolute Gasteiger partial charge is 0.567 e. The number of quaternary nitrogens is 1. The molecule has 0 bridgehead atoms. The van der Waals surface area contributed by atoms with E-state index in [1.165, 1.54) is 63.5 Å². The fraction of sp³-hybridized carbons (Fsp3) is 0.708. The normalized spacial score (nSPS) is 12.8. The highest BCUT2D eigenvalue weighted by Gasteiger charge is 2.47. The van der Waals surface area contributed by atoms with Gasteiger partial charge in [0.15, 0.2) is 0 Å². The van der Waals surface area contributed by atoms with Gasteiger partial charge in [0, 0.05) is 0 Å². The first-order valence-corrected chi connectivity index (χ1v) is 11.7. The van der Waals surface area contributed by atoms with Crippen molar-refractivity contribution in [3.63, 3.8) is 0 Å². The monoisotopic (exact) mass is 429 g/mol. The van der Waals surface area contributed by atoms with Crippen LogP contribution in [0, 0.1) is 0 Å². The van der Waals surface area contributed by atoms with Gasteiger partial charge in [-0.15, -0.1) is 13.2 Å². The molecule has 0 aliphatic carbocycles. The first-order chi connectivity index (χ1) is 14.5. The van der Waals surface area contributed by atoms with Crippen molar-refractivity contribution in [1.82, 2.24) is 0 Å². The maximum atomic E-state index is 13.3. The number of carbonyl (C=O) groups is 1. The lowest BCUT2D eigenvalue weighted by Gasteiger charge is -2.18. The Morgan fingerprint density at radius 2 is 1.10 bits per heavy atom. The topological polar surface area (TPSA) is 47.5 Å². The number of nitrogens with two attached hydrogens (primary N) is 1. The predicted octanol–water partition coefficient (Wildman–Crippen LogP) is 5.65. The number of carbonyl (C=O) groups excluding carboxylic acids is 1. The molecule has 3 nitrogen and oxygen atoms in total.